The molecule has 0 radical (unpaired) electrons. The fraction of sp³-hybridized carbons (Fsp3) is 0.455. The lowest BCUT2D eigenvalue weighted by atomic mass is 10.0. The normalized spacial score (nSPS) is 13.2. The minimum atomic E-state index is -0.417. The van der Waals surface area contributed by atoms with Gasteiger partial charge in [-0.1, -0.05) is 22.9 Å². The summed E-state index contributed by atoms with van der Waals surface area (Å²) < 4.78 is 0. The van der Waals surface area contributed by atoms with Gasteiger partial charge < -0.3 is 10.3 Å². The van der Waals surface area contributed by atoms with Crippen LogP contribution in [0.5, 0.6) is 0 Å². The van der Waals surface area contributed by atoms with Crippen molar-refractivity contribution >= 4 is 21.8 Å². The molecule has 1 amide bonds. The van der Waals surface area contributed by atoms with Crippen molar-refractivity contribution in [2.45, 2.75) is 31.1 Å². The summed E-state index contributed by atoms with van der Waals surface area (Å²) in [6, 6.07) is 1.33. The summed E-state index contributed by atoms with van der Waals surface area (Å²) in [7, 11) is 0. The predicted octanol–water partition coefficient (Wildman–Crippen LogP) is 1.67. The third kappa shape index (κ3) is 2.95. The van der Waals surface area contributed by atoms with Gasteiger partial charge in [-0.2, -0.15) is 0 Å². The number of hydrogen-bond acceptors (Lipinski definition) is 2. The number of carbonyl (C=O) groups excluding carboxylic acids is 1. The van der Waals surface area contributed by atoms with Crippen molar-refractivity contribution < 1.29 is 4.79 Å². The third-order valence-corrected chi connectivity index (χ3v) is 3.64. The fourth-order valence-electron chi connectivity index (χ4n) is 1.05. The molecule has 0 fully saturated rings. The number of alkyl halides is 1. The lowest BCUT2D eigenvalue weighted by Gasteiger charge is -2.29. The molecule has 0 bridgehead atoms. The summed E-state index contributed by atoms with van der Waals surface area (Å²) in [5, 5.41) is 2.81. The smallest absolute Gasteiger partial charge is 0.257 e. The van der Waals surface area contributed by atoms with Crippen LogP contribution in [0.15, 0.2) is 23.3 Å². The number of rotatable bonds is 3. The van der Waals surface area contributed by atoms with Crippen LogP contribution in [0.25, 0.3) is 0 Å². The Balaban J connectivity index is 2.90. The van der Waals surface area contributed by atoms with Crippen LogP contribution in [0.1, 0.15) is 31.1 Å². The predicted molar refractivity (Wildman–Crippen MR) is 67.0 cm³/mol. The molecule has 88 valence electrons. The van der Waals surface area contributed by atoms with Crippen molar-refractivity contribution in [3.63, 3.8) is 0 Å². The first-order chi connectivity index (χ1) is 7.34. The Morgan fingerprint density at radius 3 is 2.69 bits per heavy atom. The lowest BCUT2D eigenvalue weighted by Crippen LogP contribution is -2.49. The Bertz CT molecular complexity index is 438. The van der Waals surface area contributed by atoms with Gasteiger partial charge in [-0.05, 0) is 13.8 Å². The number of aromatic amines is 1. The van der Waals surface area contributed by atoms with Gasteiger partial charge in [0.1, 0.15) is 5.56 Å². The van der Waals surface area contributed by atoms with Crippen LogP contribution < -0.4 is 10.7 Å². The zero-order chi connectivity index (χ0) is 12.3. The van der Waals surface area contributed by atoms with Crippen LogP contribution in [-0.4, -0.2) is 21.3 Å². The molecular weight excluding hydrogens is 272 g/mol. The van der Waals surface area contributed by atoms with Crippen molar-refractivity contribution in [1.29, 1.82) is 0 Å². The summed E-state index contributed by atoms with van der Waals surface area (Å²) in [5.74, 6) is -0.363. The fourth-order valence-corrected chi connectivity index (χ4v) is 1.17. The lowest BCUT2D eigenvalue weighted by molar-refractivity contribution is 0.0912. The van der Waals surface area contributed by atoms with Gasteiger partial charge in [-0.15, -0.1) is 0 Å². The molecule has 0 aliphatic heterocycles. The summed E-state index contributed by atoms with van der Waals surface area (Å²) in [5.41, 5.74) is -0.572. The zero-order valence-electron chi connectivity index (χ0n) is 9.50. The minimum absolute atomic E-state index is 0.103. The molecule has 1 unspecified atom stereocenters. The monoisotopic (exact) mass is 286 g/mol. The van der Waals surface area contributed by atoms with Gasteiger partial charge in [-0.3, -0.25) is 9.59 Å². The molecule has 0 aromatic carbocycles. The molecule has 0 saturated heterocycles. The number of amides is 1. The second-order valence-corrected chi connectivity index (χ2v) is 5.59. The van der Waals surface area contributed by atoms with E-state index in [2.05, 4.69) is 26.2 Å². The van der Waals surface area contributed by atoms with E-state index in [0.717, 1.165) is 0 Å². The van der Waals surface area contributed by atoms with Gasteiger partial charge in [0.05, 0.1) is 0 Å². The highest BCUT2D eigenvalue weighted by molar-refractivity contribution is 9.09. The van der Waals surface area contributed by atoms with Gasteiger partial charge in [0.25, 0.3) is 5.91 Å². The molecule has 0 aliphatic rings. The maximum atomic E-state index is 11.8. The van der Waals surface area contributed by atoms with Crippen LogP contribution in [0.3, 0.4) is 0 Å². The SMILES string of the molecule is CC(Br)C(C)(C)NC(=O)c1c[nH]ccc1=O. The summed E-state index contributed by atoms with van der Waals surface area (Å²) in [4.78, 5) is 26.1. The summed E-state index contributed by atoms with van der Waals surface area (Å²) in [6.07, 6.45) is 2.91. The van der Waals surface area contributed by atoms with Crippen molar-refractivity contribution in [3.8, 4) is 0 Å². The summed E-state index contributed by atoms with van der Waals surface area (Å²) in [6.45, 7) is 5.72. The average molecular weight is 287 g/mol. The van der Waals surface area contributed by atoms with E-state index in [-0.39, 0.29) is 21.7 Å². The van der Waals surface area contributed by atoms with E-state index in [0.29, 0.717) is 0 Å². The van der Waals surface area contributed by atoms with Gasteiger partial charge in [-0.25, -0.2) is 0 Å². The van der Waals surface area contributed by atoms with E-state index in [9.17, 15) is 9.59 Å². The molecule has 1 rings (SSSR count). The van der Waals surface area contributed by atoms with E-state index in [1.54, 1.807) is 0 Å². The number of H-pyrrole nitrogens is 1. The van der Waals surface area contributed by atoms with Gasteiger partial charge >= 0.3 is 0 Å². The van der Waals surface area contributed by atoms with Crippen molar-refractivity contribution in [2.24, 2.45) is 0 Å². The van der Waals surface area contributed by atoms with E-state index >= 15 is 0 Å². The highest BCUT2D eigenvalue weighted by Gasteiger charge is 2.26. The minimum Gasteiger partial charge on any atom is -0.367 e. The molecule has 1 heterocycles. The van der Waals surface area contributed by atoms with Crippen LogP contribution >= 0.6 is 15.9 Å². The Morgan fingerprint density at radius 2 is 2.19 bits per heavy atom. The Morgan fingerprint density at radius 1 is 1.56 bits per heavy atom. The van der Waals surface area contributed by atoms with E-state index < -0.39 is 5.54 Å². The highest BCUT2D eigenvalue weighted by atomic mass is 79.9. The van der Waals surface area contributed by atoms with Crippen LogP contribution in [0.4, 0.5) is 0 Å². The van der Waals surface area contributed by atoms with E-state index in [1.807, 2.05) is 20.8 Å². The van der Waals surface area contributed by atoms with E-state index in [1.165, 1.54) is 18.5 Å². The van der Waals surface area contributed by atoms with Gasteiger partial charge in [0.15, 0.2) is 5.43 Å². The quantitative estimate of drug-likeness (QED) is 0.831. The van der Waals surface area contributed by atoms with Crippen molar-refractivity contribution in [3.05, 3.63) is 34.2 Å². The standard InChI is InChI=1S/C11H15BrN2O2/c1-7(12)11(2,3)14-10(16)8-6-13-5-4-9(8)15/h4-7H,1-3H3,(H,13,15)(H,14,16). The first-order valence-electron chi connectivity index (χ1n) is 4.98. The largest absolute Gasteiger partial charge is 0.367 e. The Kier molecular flexibility index (Phi) is 3.91. The second-order valence-electron chi connectivity index (χ2n) is 4.21. The van der Waals surface area contributed by atoms with Gasteiger partial charge in [0, 0.05) is 28.8 Å². The number of nitrogens with one attached hydrogen (secondary N) is 2. The first kappa shape index (κ1) is 13.0. The van der Waals surface area contributed by atoms with Crippen LogP contribution in [-0.2, 0) is 0 Å². The molecular formula is C11H15BrN2O2. The van der Waals surface area contributed by atoms with Crippen LogP contribution in [0, 0.1) is 0 Å². The molecule has 1 atom stereocenters. The van der Waals surface area contributed by atoms with Gasteiger partial charge in [0.2, 0.25) is 0 Å². The molecule has 1 aromatic heterocycles. The molecule has 1 aromatic rings. The topological polar surface area (TPSA) is 62.0 Å². The molecule has 5 heteroatoms. The van der Waals surface area contributed by atoms with E-state index in [4.69, 9.17) is 0 Å². The number of aromatic nitrogens is 1. The Labute approximate surface area is 103 Å². The zero-order valence-corrected chi connectivity index (χ0v) is 11.1. The van der Waals surface area contributed by atoms with Crippen molar-refractivity contribution in [1.82, 2.24) is 10.3 Å². The number of halogens is 1. The second kappa shape index (κ2) is 4.82. The molecule has 16 heavy (non-hydrogen) atoms. The Hall–Kier alpha value is -1.10. The van der Waals surface area contributed by atoms with Crippen LogP contribution in [0.2, 0.25) is 0 Å². The molecule has 4 nitrogen and oxygen atoms in total. The molecule has 0 spiro atoms. The average Bonchev–Trinajstić information content (AvgIpc) is 2.17. The number of carbonyl (C=O) groups is 1. The number of hydrogen-bond donors (Lipinski definition) is 2. The number of pyridine rings is 1. The molecule has 0 aliphatic carbocycles. The molecule has 2 N–H and O–H groups in total. The van der Waals surface area contributed by atoms with Crippen molar-refractivity contribution in [2.75, 3.05) is 0 Å². The maximum Gasteiger partial charge on any atom is 0.257 e. The first-order valence-corrected chi connectivity index (χ1v) is 5.90. The maximum absolute atomic E-state index is 11.8. The molecule has 0 saturated carbocycles. The highest BCUT2D eigenvalue weighted by Crippen LogP contribution is 2.16. The third-order valence-electron chi connectivity index (χ3n) is 2.50. The summed E-state index contributed by atoms with van der Waals surface area (Å²) >= 11 is 3.41.